The maximum Gasteiger partial charge on any atom is 0.387 e. The molecule has 0 bridgehead atoms. The lowest BCUT2D eigenvalue weighted by atomic mass is 9.86. The molecular weight excluding hydrogens is 342 g/mol. The van der Waals surface area contributed by atoms with Crippen molar-refractivity contribution >= 4 is 12.0 Å². The normalized spacial score (nSPS) is 20.4. The van der Waals surface area contributed by atoms with Gasteiger partial charge in [-0.05, 0) is 30.9 Å². The fourth-order valence-corrected chi connectivity index (χ4v) is 3.10. The molecule has 0 radical (unpaired) electrons. The molecular formula is C19H22F2N2O3. The van der Waals surface area contributed by atoms with Gasteiger partial charge in [-0.3, -0.25) is 4.79 Å². The summed E-state index contributed by atoms with van der Waals surface area (Å²) in [7, 11) is 1.32. The van der Waals surface area contributed by atoms with Gasteiger partial charge < -0.3 is 14.8 Å². The molecule has 2 atom stereocenters. The van der Waals surface area contributed by atoms with Crippen molar-refractivity contribution < 1.29 is 23.0 Å². The third-order valence-corrected chi connectivity index (χ3v) is 4.53. The topological polar surface area (TPSA) is 71.3 Å². The van der Waals surface area contributed by atoms with Gasteiger partial charge in [-0.25, -0.2) is 0 Å². The monoisotopic (exact) mass is 364 g/mol. The Balaban J connectivity index is 2.27. The summed E-state index contributed by atoms with van der Waals surface area (Å²) in [4.78, 5) is 12.5. The maximum absolute atomic E-state index is 12.7. The van der Waals surface area contributed by atoms with Crippen LogP contribution in [0.1, 0.15) is 38.2 Å². The molecule has 0 spiro atoms. The maximum atomic E-state index is 12.7. The highest BCUT2D eigenvalue weighted by atomic mass is 19.3. The van der Waals surface area contributed by atoms with Crippen molar-refractivity contribution in [1.82, 2.24) is 5.32 Å². The van der Waals surface area contributed by atoms with Crippen LogP contribution >= 0.6 is 0 Å². The second-order valence-electron chi connectivity index (χ2n) is 6.27. The van der Waals surface area contributed by atoms with Crippen molar-refractivity contribution in [1.29, 1.82) is 5.26 Å². The van der Waals surface area contributed by atoms with Crippen molar-refractivity contribution in [3.8, 4) is 17.6 Å². The number of nitriles is 1. The first-order valence-corrected chi connectivity index (χ1v) is 8.50. The van der Waals surface area contributed by atoms with Crippen molar-refractivity contribution in [3.05, 3.63) is 29.3 Å². The summed E-state index contributed by atoms with van der Waals surface area (Å²) in [5.74, 6) is -0.298. The summed E-state index contributed by atoms with van der Waals surface area (Å²) in [6.45, 7) is -0.989. The Hall–Kier alpha value is -2.62. The molecule has 1 aromatic carbocycles. The van der Waals surface area contributed by atoms with Gasteiger partial charge in [0, 0.05) is 11.6 Å². The van der Waals surface area contributed by atoms with Crippen LogP contribution in [0.3, 0.4) is 0 Å². The molecule has 1 N–H and O–H groups in total. The zero-order chi connectivity index (χ0) is 19.1. The summed E-state index contributed by atoms with van der Waals surface area (Å²) in [6, 6.07) is 6.36. The average Bonchev–Trinajstić information content (AvgIpc) is 2.62. The van der Waals surface area contributed by atoms with E-state index in [9.17, 15) is 18.8 Å². The number of para-hydroxylation sites is 1. The van der Waals surface area contributed by atoms with Gasteiger partial charge in [0.05, 0.1) is 7.11 Å². The number of alkyl halides is 2. The largest absolute Gasteiger partial charge is 0.493 e. The van der Waals surface area contributed by atoms with Crippen LogP contribution in [0.15, 0.2) is 23.8 Å². The number of rotatable bonds is 6. The Morgan fingerprint density at radius 2 is 2.12 bits per heavy atom. The quantitative estimate of drug-likeness (QED) is 0.614. The molecule has 0 heterocycles. The van der Waals surface area contributed by atoms with Gasteiger partial charge >= 0.3 is 6.61 Å². The molecule has 1 aromatic rings. The van der Waals surface area contributed by atoms with Crippen molar-refractivity contribution in [2.24, 2.45) is 5.92 Å². The summed E-state index contributed by atoms with van der Waals surface area (Å²) >= 11 is 0. The predicted octanol–water partition coefficient (Wildman–Crippen LogP) is 3.90. The molecule has 140 valence electrons. The van der Waals surface area contributed by atoms with E-state index in [1.165, 1.54) is 25.3 Å². The van der Waals surface area contributed by atoms with Gasteiger partial charge in [0.1, 0.15) is 11.6 Å². The fourth-order valence-electron chi connectivity index (χ4n) is 3.10. The SMILES string of the molecule is COc1cccc(/C=C(\C#N)C(=O)N[C@H]2CCCC[C@H]2C)c1OC(F)F. The van der Waals surface area contributed by atoms with E-state index in [1.807, 2.05) is 6.07 Å². The van der Waals surface area contributed by atoms with E-state index in [2.05, 4.69) is 17.0 Å². The van der Waals surface area contributed by atoms with E-state index >= 15 is 0 Å². The summed E-state index contributed by atoms with van der Waals surface area (Å²) < 4.78 is 35.0. The first-order valence-electron chi connectivity index (χ1n) is 8.50. The van der Waals surface area contributed by atoms with Crippen molar-refractivity contribution in [2.75, 3.05) is 7.11 Å². The number of ether oxygens (including phenoxy) is 2. The Labute approximate surface area is 151 Å². The van der Waals surface area contributed by atoms with Crippen LogP contribution < -0.4 is 14.8 Å². The molecule has 5 nitrogen and oxygen atoms in total. The van der Waals surface area contributed by atoms with E-state index in [4.69, 9.17) is 4.74 Å². The molecule has 1 aliphatic rings. The van der Waals surface area contributed by atoms with Gasteiger partial charge in [0.25, 0.3) is 5.91 Å². The number of hydrogen-bond acceptors (Lipinski definition) is 4. The van der Waals surface area contributed by atoms with Gasteiger partial charge in [-0.15, -0.1) is 0 Å². The molecule has 1 fully saturated rings. The first-order chi connectivity index (χ1) is 12.5. The lowest BCUT2D eigenvalue weighted by Crippen LogP contribution is -2.41. The van der Waals surface area contributed by atoms with Crippen LogP contribution in [0.4, 0.5) is 8.78 Å². The van der Waals surface area contributed by atoms with Gasteiger partial charge in [-0.2, -0.15) is 14.0 Å². The Morgan fingerprint density at radius 1 is 1.38 bits per heavy atom. The molecule has 7 heteroatoms. The zero-order valence-electron chi connectivity index (χ0n) is 14.8. The van der Waals surface area contributed by atoms with Gasteiger partial charge in [0.15, 0.2) is 11.5 Å². The minimum atomic E-state index is -3.05. The number of carbonyl (C=O) groups excluding carboxylic acids is 1. The lowest BCUT2D eigenvalue weighted by molar-refractivity contribution is -0.118. The summed E-state index contributed by atoms with van der Waals surface area (Å²) in [6.07, 6.45) is 5.29. The van der Waals surface area contributed by atoms with E-state index < -0.39 is 12.5 Å². The fraction of sp³-hybridized carbons (Fsp3) is 0.474. The highest BCUT2D eigenvalue weighted by Crippen LogP contribution is 2.34. The second kappa shape index (κ2) is 9.18. The molecule has 1 aliphatic carbocycles. The third-order valence-electron chi connectivity index (χ3n) is 4.53. The number of amides is 1. The molecule has 0 aliphatic heterocycles. The highest BCUT2D eigenvalue weighted by Gasteiger charge is 2.24. The van der Waals surface area contributed by atoms with E-state index in [-0.39, 0.29) is 28.7 Å². The molecule has 26 heavy (non-hydrogen) atoms. The Morgan fingerprint density at radius 3 is 2.73 bits per heavy atom. The van der Waals surface area contributed by atoms with E-state index in [0.717, 1.165) is 25.7 Å². The smallest absolute Gasteiger partial charge is 0.387 e. The van der Waals surface area contributed by atoms with Crippen molar-refractivity contribution in [3.63, 3.8) is 0 Å². The van der Waals surface area contributed by atoms with Gasteiger partial charge in [-0.1, -0.05) is 31.9 Å². The Bertz CT molecular complexity index is 713. The van der Waals surface area contributed by atoms with E-state index in [1.54, 1.807) is 6.07 Å². The van der Waals surface area contributed by atoms with Crippen LogP contribution in [0.25, 0.3) is 6.08 Å². The van der Waals surface area contributed by atoms with Gasteiger partial charge in [0.2, 0.25) is 0 Å². The minimum Gasteiger partial charge on any atom is -0.493 e. The lowest BCUT2D eigenvalue weighted by Gasteiger charge is -2.29. The first kappa shape index (κ1) is 19.7. The molecule has 0 unspecified atom stereocenters. The van der Waals surface area contributed by atoms with E-state index in [0.29, 0.717) is 5.92 Å². The average molecular weight is 364 g/mol. The zero-order valence-corrected chi connectivity index (χ0v) is 14.8. The standard InChI is InChI=1S/C19H22F2N2O3/c1-12-6-3-4-8-15(12)23-18(24)14(11-22)10-13-7-5-9-16(25-2)17(13)26-19(20)21/h5,7,9-10,12,15,19H,3-4,6,8H2,1-2H3,(H,23,24)/b14-10+/t12-,15+/m1/s1. The summed E-state index contributed by atoms with van der Waals surface area (Å²) in [5, 5.41) is 12.2. The number of halogens is 2. The number of benzene rings is 1. The Kier molecular flexibility index (Phi) is 6.96. The minimum absolute atomic E-state index is 0.00935. The molecule has 1 saturated carbocycles. The molecule has 1 amide bonds. The number of nitrogens with zero attached hydrogens (tertiary/aromatic N) is 1. The number of hydrogen-bond donors (Lipinski definition) is 1. The molecule has 0 aromatic heterocycles. The van der Waals surface area contributed by atoms with Crippen LogP contribution in [-0.2, 0) is 4.79 Å². The second-order valence-corrected chi connectivity index (χ2v) is 6.27. The van der Waals surface area contributed by atoms with Crippen LogP contribution in [-0.4, -0.2) is 25.7 Å². The van der Waals surface area contributed by atoms with Crippen LogP contribution in [0.5, 0.6) is 11.5 Å². The molecule has 2 rings (SSSR count). The number of carbonyl (C=O) groups is 1. The van der Waals surface area contributed by atoms with Crippen LogP contribution in [0.2, 0.25) is 0 Å². The predicted molar refractivity (Wildman–Crippen MR) is 92.8 cm³/mol. The third kappa shape index (κ3) is 4.94. The molecule has 0 saturated heterocycles. The number of nitrogens with one attached hydrogen (secondary N) is 1. The summed E-state index contributed by atoms with van der Waals surface area (Å²) in [5.41, 5.74) is 0.00295. The highest BCUT2D eigenvalue weighted by molar-refractivity contribution is 6.02. The van der Waals surface area contributed by atoms with Crippen molar-refractivity contribution in [2.45, 2.75) is 45.3 Å². The number of methoxy groups -OCH3 is 1. The van der Waals surface area contributed by atoms with Crippen LogP contribution in [0, 0.1) is 17.2 Å².